The molecule has 1 aliphatic rings. The normalized spacial score (nSPS) is 14.1. The summed E-state index contributed by atoms with van der Waals surface area (Å²) in [5.74, 6) is 0.400. The maximum absolute atomic E-state index is 12.8. The van der Waals surface area contributed by atoms with Crippen LogP contribution in [0.3, 0.4) is 0 Å². The quantitative estimate of drug-likeness (QED) is 0.467. The van der Waals surface area contributed by atoms with Gasteiger partial charge in [-0.2, -0.15) is 13.2 Å². The third kappa shape index (κ3) is 4.02. The topological polar surface area (TPSA) is 93.3 Å². The Labute approximate surface area is 196 Å². The van der Waals surface area contributed by atoms with Gasteiger partial charge in [-0.3, -0.25) is 14.3 Å². The summed E-state index contributed by atoms with van der Waals surface area (Å²) >= 11 is 0. The van der Waals surface area contributed by atoms with Gasteiger partial charge in [0.2, 0.25) is 0 Å². The van der Waals surface area contributed by atoms with Crippen LogP contribution in [0.1, 0.15) is 16.8 Å². The van der Waals surface area contributed by atoms with Gasteiger partial charge >= 0.3 is 12.3 Å². The lowest BCUT2D eigenvalue weighted by Crippen LogP contribution is -2.31. The fourth-order valence-electron chi connectivity index (χ4n) is 4.50. The molecule has 0 radical (unpaired) electrons. The molecule has 0 atom stereocenters. The van der Waals surface area contributed by atoms with E-state index in [2.05, 4.69) is 4.98 Å². The molecular weight excluding hydrogens is 463 g/mol. The van der Waals surface area contributed by atoms with Crippen LogP contribution in [0.25, 0.3) is 28.1 Å². The molecule has 0 aliphatic carbocycles. The Kier molecular flexibility index (Phi) is 5.34. The Morgan fingerprint density at radius 3 is 2.51 bits per heavy atom. The van der Waals surface area contributed by atoms with Crippen molar-refractivity contribution in [3.63, 3.8) is 0 Å². The molecule has 4 aromatic rings. The number of halogens is 3. The minimum atomic E-state index is -4.48. The molecule has 11 heteroatoms. The molecular formula is C24H20F3N5O3. The van der Waals surface area contributed by atoms with E-state index in [1.165, 1.54) is 27.8 Å². The number of nitrogens with zero attached hydrogens (tertiary/aromatic N) is 5. The van der Waals surface area contributed by atoms with Crippen LogP contribution in [0.4, 0.5) is 18.0 Å². The van der Waals surface area contributed by atoms with Crippen molar-refractivity contribution in [2.45, 2.75) is 19.0 Å². The summed E-state index contributed by atoms with van der Waals surface area (Å²) in [6, 6.07) is 8.67. The predicted octanol–water partition coefficient (Wildman–Crippen LogP) is 3.88. The molecule has 180 valence electrons. The predicted molar refractivity (Wildman–Crippen MR) is 122 cm³/mol. The van der Waals surface area contributed by atoms with Crippen molar-refractivity contribution >= 4 is 17.1 Å². The van der Waals surface area contributed by atoms with E-state index in [1.54, 1.807) is 12.1 Å². The lowest BCUT2D eigenvalue weighted by atomic mass is 10.1. The van der Waals surface area contributed by atoms with Crippen LogP contribution in [0.5, 0.6) is 0 Å². The average Bonchev–Trinajstić information content (AvgIpc) is 2.96. The highest BCUT2D eigenvalue weighted by Crippen LogP contribution is 2.30. The zero-order chi connectivity index (χ0) is 24.9. The number of carbonyl (C=O) groups is 1. The largest absolute Gasteiger partial charge is 0.465 e. The molecule has 0 saturated carbocycles. The monoisotopic (exact) mass is 483 g/mol. The number of aromatic nitrogens is 4. The van der Waals surface area contributed by atoms with Crippen molar-refractivity contribution in [3.8, 4) is 17.1 Å². The Morgan fingerprint density at radius 1 is 1.09 bits per heavy atom. The molecule has 5 rings (SSSR count). The van der Waals surface area contributed by atoms with Gasteiger partial charge in [0.05, 0.1) is 11.3 Å². The zero-order valence-electron chi connectivity index (χ0n) is 18.6. The second kappa shape index (κ2) is 8.26. The van der Waals surface area contributed by atoms with Crippen molar-refractivity contribution in [1.82, 2.24) is 24.0 Å². The molecule has 0 saturated heterocycles. The first kappa shape index (κ1) is 22.6. The Bertz CT molecular complexity index is 1510. The number of hydrogen-bond donors (Lipinski definition) is 1. The molecule has 0 unspecified atom stereocenters. The zero-order valence-corrected chi connectivity index (χ0v) is 18.6. The second-order valence-corrected chi connectivity index (χ2v) is 8.35. The summed E-state index contributed by atoms with van der Waals surface area (Å²) < 4.78 is 41.6. The van der Waals surface area contributed by atoms with Gasteiger partial charge in [0.25, 0.3) is 5.56 Å². The van der Waals surface area contributed by atoms with Crippen LogP contribution in [0.15, 0.2) is 53.6 Å². The molecule has 5 heterocycles. The van der Waals surface area contributed by atoms with E-state index in [1.807, 2.05) is 17.7 Å². The summed E-state index contributed by atoms with van der Waals surface area (Å²) in [4.78, 5) is 34.1. The van der Waals surface area contributed by atoms with E-state index in [0.717, 1.165) is 28.9 Å². The lowest BCUT2D eigenvalue weighted by Gasteiger charge is -2.15. The summed E-state index contributed by atoms with van der Waals surface area (Å²) in [7, 11) is 1.87. The van der Waals surface area contributed by atoms with E-state index in [9.17, 15) is 27.9 Å². The van der Waals surface area contributed by atoms with Gasteiger partial charge in [0.1, 0.15) is 11.5 Å². The van der Waals surface area contributed by atoms with E-state index >= 15 is 0 Å². The number of carboxylic acid groups (broad SMARTS) is 1. The first-order valence-electron chi connectivity index (χ1n) is 10.9. The van der Waals surface area contributed by atoms with Gasteiger partial charge in [-0.1, -0.05) is 0 Å². The smallest absolute Gasteiger partial charge is 0.417 e. The maximum Gasteiger partial charge on any atom is 0.417 e. The average molecular weight is 483 g/mol. The molecule has 0 bridgehead atoms. The van der Waals surface area contributed by atoms with Crippen LogP contribution in [0, 0.1) is 0 Å². The highest BCUT2D eigenvalue weighted by Gasteiger charge is 2.30. The summed E-state index contributed by atoms with van der Waals surface area (Å²) in [5.41, 5.74) is 2.16. The number of alkyl halides is 3. The van der Waals surface area contributed by atoms with Gasteiger partial charge in [0, 0.05) is 61.7 Å². The van der Waals surface area contributed by atoms with Crippen LogP contribution >= 0.6 is 0 Å². The van der Waals surface area contributed by atoms with Crippen LogP contribution in [0.2, 0.25) is 0 Å². The Morgan fingerprint density at radius 2 is 1.86 bits per heavy atom. The first-order valence-corrected chi connectivity index (χ1v) is 10.9. The first-order chi connectivity index (χ1) is 16.6. The number of pyridine rings is 3. The van der Waals surface area contributed by atoms with Gasteiger partial charge in [-0.15, -0.1) is 0 Å². The SMILES string of the molecule is Cn1c2c(c3ccc(-n4ccc(-c5ccc(C(F)(F)F)cn5)cc4=O)nc31)CCN(C(=O)O)CC2. The highest BCUT2D eigenvalue weighted by molar-refractivity contribution is 5.83. The molecule has 1 amide bonds. The van der Waals surface area contributed by atoms with E-state index in [-0.39, 0.29) is 5.69 Å². The molecule has 1 aliphatic heterocycles. The summed E-state index contributed by atoms with van der Waals surface area (Å²) in [6.45, 7) is 0.806. The van der Waals surface area contributed by atoms with Gasteiger partial charge in [-0.25, -0.2) is 9.78 Å². The van der Waals surface area contributed by atoms with Crippen molar-refractivity contribution in [1.29, 1.82) is 0 Å². The van der Waals surface area contributed by atoms with Crippen molar-refractivity contribution in [3.05, 3.63) is 76.0 Å². The van der Waals surface area contributed by atoms with Crippen LogP contribution in [-0.2, 0) is 26.1 Å². The molecule has 8 nitrogen and oxygen atoms in total. The molecule has 0 aromatic carbocycles. The Hall–Kier alpha value is -4.15. The number of fused-ring (bicyclic) bond motifs is 3. The van der Waals surface area contributed by atoms with E-state index in [0.29, 0.717) is 43.0 Å². The lowest BCUT2D eigenvalue weighted by molar-refractivity contribution is -0.137. The van der Waals surface area contributed by atoms with Crippen LogP contribution < -0.4 is 5.56 Å². The number of rotatable bonds is 2. The van der Waals surface area contributed by atoms with Gasteiger partial charge < -0.3 is 14.6 Å². The standard InChI is InChI=1S/C24H20F3N5O3/c1-30-19-8-10-31(23(34)35)9-7-16(19)17-3-5-20(29-22(17)30)32-11-6-14(12-21(32)33)18-4-2-15(13-28-18)24(25,26)27/h2-6,11-13H,7-10H2,1H3,(H,34,35). The summed E-state index contributed by atoms with van der Waals surface area (Å²) in [5, 5.41) is 10.2. The minimum absolute atomic E-state index is 0.257. The highest BCUT2D eigenvalue weighted by atomic mass is 19.4. The van der Waals surface area contributed by atoms with Crippen molar-refractivity contribution in [2.24, 2.45) is 7.05 Å². The molecule has 0 fully saturated rings. The van der Waals surface area contributed by atoms with E-state index < -0.39 is 23.4 Å². The van der Waals surface area contributed by atoms with Crippen molar-refractivity contribution in [2.75, 3.05) is 13.1 Å². The molecule has 1 N–H and O–H groups in total. The van der Waals surface area contributed by atoms with Crippen LogP contribution in [-0.4, -0.2) is 48.3 Å². The maximum atomic E-state index is 12.8. The molecule has 4 aromatic heterocycles. The minimum Gasteiger partial charge on any atom is -0.465 e. The summed E-state index contributed by atoms with van der Waals surface area (Å²) in [6.07, 6.45) is -2.01. The number of aryl methyl sites for hydroxylation is 1. The third-order valence-corrected chi connectivity index (χ3v) is 6.33. The fourth-order valence-corrected chi connectivity index (χ4v) is 4.50. The fraction of sp³-hybridized carbons (Fsp3) is 0.250. The van der Waals surface area contributed by atoms with Crippen molar-refractivity contribution < 1.29 is 23.1 Å². The number of hydrogen-bond acceptors (Lipinski definition) is 4. The second-order valence-electron chi connectivity index (χ2n) is 8.35. The third-order valence-electron chi connectivity index (χ3n) is 6.33. The molecule has 0 spiro atoms. The Balaban J connectivity index is 1.48. The molecule has 35 heavy (non-hydrogen) atoms. The van der Waals surface area contributed by atoms with Gasteiger partial charge in [0.15, 0.2) is 0 Å². The van der Waals surface area contributed by atoms with E-state index in [4.69, 9.17) is 4.98 Å². The van der Waals surface area contributed by atoms with Gasteiger partial charge in [-0.05, 0) is 42.3 Å². The number of amides is 1.